The molecule has 1 aliphatic rings. The zero-order valence-electron chi connectivity index (χ0n) is 16.5. The van der Waals surface area contributed by atoms with Gasteiger partial charge in [-0.05, 0) is 57.2 Å². The highest BCUT2D eigenvalue weighted by Gasteiger charge is 2.28. The lowest BCUT2D eigenvalue weighted by atomic mass is 9.91. The molecule has 1 fully saturated rings. The van der Waals surface area contributed by atoms with Crippen LogP contribution < -0.4 is 10.4 Å². The van der Waals surface area contributed by atoms with E-state index in [9.17, 15) is 5.11 Å². The molecule has 6 heteroatoms. The largest absolute Gasteiger partial charge is 0.394 e. The van der Waals surface area contributed by atoms with Gasteiger partial charge < -0.3 is 14.6 Å². The van der Waals surface area contributed by atoms with E-state index < -0.39 is 0 Å². The zero-order valence-corrected chi connectivity index (χ0v) is 16.5. The molecule has 4 rings (SSSR count). The number of aryl methyl sites for hydroxylation is 4. The number of aromatic nitrogens is 3. The molecule has 3 heterocycles. The van der Waals surface area contributed by atoms with Crippen LogP contribution in [0.1, 0.15) is 35.4 Å². The Kier molecular flexibility index (Phi) is 4.46. The van der Waals surface area contributed by atoms with Crippen molar-refractivity contribution in [1.29, 1.82) is 0 Å². The standard InChI is InChI=1S/C21H25BN4O/c1-12-8-16(22)9-13(2)19(12)26-10-14(3)18-20(23-15(4)24-21(18)26)25-7-5-6-17(25)11-27/h8-10,17,27H,5-7,11H2,1-4H3. The summed E-state index contributed by atoms with van der Waals surface area (Å²) in [5.74, 6) is 1.68. The first kappa shape index (κ1) is 18.0. The Morgan fingerprint density at radius 3 is 2.48 bits per heavy atom. The molecule has 1 atom stereocenters. The van der Waals surface area contributed by atoms with Gasteiger partial charge in [0, 0.05) is 12.7 Å². The molecule has 2 aromatic heterocycles. The van der Waals surface area contributed by atoms with E-state index in [0.717, 1.165) is 69.9 Å². The Labute approximate surface area is 161 Å². The van der Waals surface area contributed by atoms with Crippen LogP contribution in [0.15, 0.2) is 18.3 Å². The van der Waals surface area contributed by atoms with Gasteiger partial charge in [0.15, 0.2) is 5.65 Å². The molecular weight excluding hydrogens is 335 g/mol. The number of benzene rings is 1. The van der Waals surface area contributed by atoms with Crippen LogP contribution in [-0.4, -0.2) is 46.7 Å². The lowest BCUT2D eigenvalue weighted by molar-refractivity contribution is 0.266. The first-order valence-electron chi connectivity index (χ1n) is 9.51. The quantitative estimate of drug-likeness (QED) is 0.729. The van der Waals surface area contributed by atoms with E-state index in [1.807, 2.05) is 19.1 Å². The first-order chi connectivity index (χ1) is 12.9. The molecule has 27 heavy (non-hydrogen) atoms. The Morgan fingerprint density at radius 2 is 1.81 bits per heavy atom. The average Bonchev–Trinajstić information content (AvgIpc) is 3.18. The van der Waals surface area contributed by atoms with Crippen molar-refractivity contribution in [3.05, 3.63) is 40.8 Å². The molecule has 138 valence electrons. The monoisotopic (exact) mass is 360 g/mol. The van der Waals surface area contributed by atoms with Crippen molar-refractivity contribution in [1.82, 2.24) is 14.5 Å². The summed E-state index contributed by atoms with van der Waals surface area (Å²) in [6.07, 6.45) is 4.21. The minimum atomic E-state index is 0.130. The topological polar surface area (TPSA) is 54.2 Å². The molecule has 1 aromatic carbocycles. The van der Waals surface area contributed by atoms with Crippen LogP contribution in [0, 0.1) is 27.7 Å². The lowest BCUT2D eigenvalue weighted by Crippen LogP contribution is -2.33. The molecule has 1 aliphatic heterocycles. The highest BCUT2D eigenvalue weighted by molar-refractivity contribution is 6.32. The maximum absolute atomic E-state index is 9.79. The molecule has 1 saturated heterocycles. The van der Waals surface area contributed by atoms with Crippen molar-refractivity contribution in [2.45, 2.75) is 46.6 Å². The molecule has 0 aliphatic carbocycles. The van der Waals surface area contributed by atoms with Crippen molar-refractivity contribution in [3.8, 4) is 5.69 Å². The Balaban J connectivity index is 1.99. The molecule has 5 nitrogen and oxygen atoms in total. The highest BCUT2D eigenvalue weighted by atomic mass is 16.3. The molecule has 0 bridgehead atoms. The fourth-order valence-electron chi connectivity index (χ4n) is 4.44. The number of aliphatic hydroxyl groups is 1. The van der Waals surface area contributed by atoms with Crippen LogP contribution >= 0.6 is 0 Å². The SMILES string of the molecule is [B]c1cc(C)c(-n2cc(C)c3c(N4CCCC4CO)nc(C)nc32)c(C)c1. The van der Waals surface area contributed by atoms with E-state index in [0.29, 0.717) is 0 Å². The third-order valence-electron chi connectivity index (χ3n) is 5.54. The van der Waals surface area contributed by atoms with Crippen molar-refractivity contribution < 1.29 is 5.11 Å². The average molecular weight is 360 g/mol. The molecule has 1 unspecified atom stereocenters. The molecule has 2 radical (unpaired) electrons. The van der Waals surface area contributed by atoms with Gasteiger partial charge >= 0.3 is 0 Å². The molecule has 0 spiro atoms. The number of rotatable bonds is 3. The maximum atomic E-state index is 9.79. The maximum Gasteiger partial charge on any atom is 0.150 e. The Hall–Kier alpha value is -2.34. The normalized spacial score (nSPS) is 17.2. The summed E-state index contributed by atoms with van der Waals surface area (Å²) in [6, 6.07) is 4.13. The number of hydrogen-bond acceptors (Lipinski definition) is 4. The van der Waals surface area contributed by atoms with Gasteiger partial charge in [-0.2, -0.15) is 0 Å². The van der Waals surface area contributed by atoms with Gasteiger partial charge in [-0.25, -0.2) is 9.97 Å². The van der Waals surface area contributed by atoms with Gasteiger partial charge in [0.2, 0.25) is 0 Å². The van der Waals surface area contributed by atoms with E-state index in [-0.39, 0.29) is 12.6 Å². The number of aliphatic hydroxyl groups excluding tert-OH is 1. The summed E-state index contributed by atoms with van der Waals surface area (Å²) in [4.78, 5) is 11.8. The first-order valence-corrected chi connectivity index (χ1v) is 9.51. The van der Waals surface area contributed by atoms with E-state index in [1.54, 1.807) is 0 Å². The van der Waals surface area contributed by atoms with E-state index in [4.69, 9.17) is 17.8 Å². The van der Waals surface area contributed by atoms with Crippen molar-refractivity contribution >= 4 is 30.2 Å². The second kappa shape index (κ2) is 6.68. The number of fused-ring (bicyclic) bond motifs is 1. The van der Waals surface area contributed by atoms with Crippen LogP contribution in [0.5, 0.6) is 0 Å². The van der Waals surface area contributed by atoms with Gasteiger partial charge in [-0.3, -0.25) is 0 Å². The lowest BCUT2D eigenvalue weighted by Gasteiger charge is -2.25. The molecule has 0 amide bonds. The van der Waals surface area contributed by atoms with Crippen molar-refractivity contribution in [2.24, 2.45) is 0 Å². The third kappa shape index (κ3) is 2.92. The van der Waals surface area contributed by atoms with Gasteiger partial charge in [0.1, 0.15) is 19.5 Å². The van der Waals surface area contributed by atoms with E-state index in [1.165, 1.54) is 0 Å². The summed E-state index contributed by atoms with van der Waals surface area (Å²) in [6.45, 7) is 9.27. The summed E-state index contributed by atoms with van der Waals surface area (Å²) in [7, 11) is 6.02. The third-order valence-corrected chi connectivity index (χ3v) is 5.54. The van der Waals surface area contributed by atoms with E-state index in [2.05, 4.69) is 36.4 Å². The second-order valence-corrected chi connectivity index (χ2v) is 7.65. The minimum absolute atomic E-state index is 0.130. The van der Waals surface area contributed by atoms with Crippen LogP contribution in [0.25, 0.3) is 16.7 Å². The van der Waals surface area contributed by atoms with Crippen LogP contribution in [0.4, 0.5) is 5.82 Å². The summed E-state index contributed by atoms with van der Waals surface area (Å²) in [5.41, 5.74) is 6.18. The fourth-order valence-corrected chi connectivity index (χ4v) is 4.44. The smallest absolute Gasteiger partial charge is 0.150 e. The van der Waals surface area contributed by atoms with Crippen LogP contribution in [0.2, 0.25) is 0 Å². The predicted molar refractivity (Wildman–Crippen MR) is 111 cm³/mol. The Bertz CT molecular complexity index is 1000. The van der Waals surface area contributed by atoms with E-state index >= 15 is 0 Å². The van der Waals surface area contributed by atoms with Gasteiger partial charge in [0.25, 0.3) is 0 Å². The van der Waals surface area contributed by atoms with Crippen LogP contribution in [-0.2, 0) is 0 Å². The Morgan fingerprint density at radius 1 is 1.11 bits per heavy atom. The molecule has 1 N–H and O–H groups in total. The number of anilines is 1. The zero-order chi connectivity index (χ0) is 19.3. The second-order valence-electron chi connectivity index (χ2n) is 7.65. The summed E-state index contributed by atoms with van der Waals surface area (Å²) in [5, 5.41) is 10.9. The number of hydrogen-bond donors (Lipinski definition) is 1. The molecule has 3 aromatic rings. The fraction of sp³-hybridized carbons (Fsp3) is 0.429. The van der Waals surface area contributed by atoms with Crippen molar-refractivity contribution in [3.63, 3.8) is 0 Å². The summed E-state index contributed by atoms with van der Waals surface area (Å²) < 4.78 is 2.16. The molecular formula is C21H25BN4O. The summed E-state index contributed by atoms with van der Waals surface area (Å²) >= 11 is 0. The van der Waals surface area contributed by atoms with Gasteiger partial charge in [-0.15, -0.1) is 0 Å². The minimum Gasteiger partial charge on any atom is -0.394 e. The highest BCUT2D eigenvalue weighted by Crippen LogP contribution is 2.35. The van der Waals surface area contributed by atoms with Crippen molar-refractivity contribution in [2.75, 3.05) is 18.1 Å². The number of nitrogens with zero attached hydrogens (tertiary/aromatic N) is 4. The van der Waals surface area contributed by atoms with Gasteiger partial charge in [-0.1, -0.05) is 17.6 Å². The predicted octanol–water partition coefficient (Wildman–Crippen LogP) is 2.41. The molecule has 0 saturated carbocycles. The van der Waals surface area contributed by atoms with Gasteiger partial charge in [0.05, 0.1) is 23.7 Å². The van der Waals surface area contributed by atoms with Crippen LogP contribution in [0.3, 0.4) is 0 Å².